The molecule has 0 radical (unpaired) electrons. The molecule has 1 aliphatic heterocycles. The fraction of sp³-hybridized carbons (Fsp3) is 0.316. The predicted molar refractivity (Wildman–Crippen MR) is 103 cm³/mol. The largest absolute Gasteiger partial charge is 0.438 e. The zero-order valence-corrected chi connectivity index (χ0v) is 16.0. The second kappa shape index (κ2) is 7.78. The number of amides is 1. The van der Waals surface area contributed by atoms with Crippen LogP contribution in [-0.4, -0.2) is 56.5 Å². The van der Waals surface area contributed by atoms with Gasteiger partial charge in [0.15, 0.2) is 5.76 Å². The summed E-state index contributed by atoms with van der Waals surface area (Å²) in [6.45, 7) is 1.65. The minimum Gasteiger partial charge on any atom is -0.438 e. The predicted octanol–water partition coefficient (Wildman–Crippen LogP) is 1.75. The molecule has 0 bridgehead atoms. The van der Waals surface area contributed by atoms with Crippen LogP contribution >= 0.6 is 0 Å². The lowest BCUT2D eigenvalue weighted by molar-refractivity contribution is 0.0722. The number of nitrogens with one attached hydrogen (secondary N) is 2. The number of morpholine rings is 1. The van der Waals surface area contributed by atoms with Crippen molar-refractivity contribution < 1.29 is 22.4 Å². The van der Waals surface area contributed by atoms with Crippen molar-refractivity contribution in [2.45, 2.75) is 11.5 Å². The highest BCUT2D eigenvalue weighted by molar-refractivity contribution is 7.89. The van der Waals surface area contributed by atoms with E-state index in [1.54, 1.807) is 0 Å². The van der Waals surface area contributed by atoms with E-state index in [1.807, 2.05) is 30.5 Å². The molecule has 148 valence electrons. The summed E-state index contributed by atoms with van der Waals surface area (Å²) in [5.74, 6) is -0.464. The average molecular weight is 403 g/mol. The number of aromatic amines is 1. The van der Waals surface area contributed by atoms with Gasteiger partial charge in [0.2, 0.25) is 5.09 Å². The molecule has 0 atom stereocenters. The second-order valence-corrected chi connectivity index (χ2v) is 8.37. The van der Waals surface area contributed by atoms with Crippen LogP contribution in [0.1, 0.15) is 16.1 Å². The van der Waals surface area contributed by atoms with Gasteiger partial charge in [-0.15, -0.1) is 0 Å². The van der Waals surface area contributed by atoms with Gasteiger partial charge in [0.25, 0.3) is 15.9 Å². The van der Waals surface area contributed by atoms with Crippen molar-refractivity contribution in [3.63, 3.8) is 0 Å². The number of fused-ring (bicyclic) bond motifs is 1. The van der Waals surface area contributed by atoms with E-state index in [0.29, 0.717) is 26.2 Å². The molecule has 1 aromatic carbocycles. The number of H-pyrrole nitrogens is 1. The van der Waals surface area contributed by atoms with Crippen LogP contribution in [0.3, 0.4) is 0 Å². The van der Waals surface area contributed by atoms with E-state index in [9.17, 15) is 13.2 Å². The number of hydrogen-bond acceptors (Lipinski definition) is 5. The number of furan rings is 1. The van der Waals surface area contributed by atoms with Crippen LogP contribution in [0.2, 0.25) is 0 Å². The van der Waals surface area contributed by atoms with Crippen molar-refractivity contribution in [1.29, 1.82) is 0 Å². The Morgan fingerprint density at radius 1 is 1.14 bits per heavy atom. The lowest BCUT2D eigenvalue weighted by Gasteiger charge is -2.24. The number of rotatable bonds is 6. The first-order valence-electron chi connectivity index (χ1n) is 9.06. The molecule has 2 N–H and O–H groups in total. The molecule has 0 aliphatic carbocycles. The van der Waals surface area contributed by atoms with Crippen molar-refractivity contribution in [2.75, 3.05) is 32.8 Å². The molecule has 0 unspecified atom stereocenters. The zero-order valence-electron chi connectivity index (χ0n) is 15.2. The molecule has 8 nitrogen and oxygen atoms in total. The summed E-state index contributed by atoms with van der Waals surface area (Å²) in [6, 6.07) is 10.7. The minimum atomic E-state index is -3.75. The average Bonchev–Trinajstić information content (AvgIpc) is 3.37. The Bertz CT molecular complexity index is 1080. The van der Waals surface area contributed by atoms with Crippen molar-refractivity contribution in [2.24, 2.45) is 0 Å². The van der Waals surface area contributed by atoms with Crippen LogP contribution < -0.4 is 5.32 Å². The monoisotopic (exact) mass is 403 g/mol. The first-order valence-corrected chi connectivity index (χ1v) is 10.5. The van der Waals surface area contributed by atoms with Crippen LogP contribution in [0.25, 0.3) is 10.9 Å². The molecule has 28 heavy (non-hydrogen) atoms. The van der Waals surface area contributed by atoms with Gasteiger partial charge in [-0.2, -0.15) is 4.31 Å². The van der Waals surface area contributed by atoms with E-state index in [0.717, 1.165) is 16.5 Å². The SMILES string of the molecule is O=C(NCCc1c[nH]c2ccccc12)c1ccc(S(=O)(=O)N2CCOCC2)o1. The fourth-order valence-corrected chi connectivity index (χ4v) is 4.55. The third kappa shape index (κ3) is 3.68. The molecular weight excluding hydrogens is 382 g/mol. The van der Waals surface area contributed by atoms with Crippen LogP contribution in [0, 0.1) is 0 Å². The molecule has 0 spiro atoms. The fourth-order valence-electron chi connectivity index (χ4n) is 3.23. The molecule has 3 aromatic rings. The van der Waals surface area contributed by atoms with Gasteiger partial charge in [0.05, 0.1) is 13.2 Å². The lowest BCUT2D eigenvalue weighted by atomic mass is 10.1. The van der Waals surface area contributed by atoms with Crippen LogP contribution in [0.5, 0.6) is 0 Å². The van der Waals surface area contributed by atoms with E-state index >= 15 is 0 Å². The van der Waals surface area contributed by atoms with Crippen LogP contribution in [-0.2, 0) is 21.2 Å². The Morgan fingerprint density at radius 2 is 1.93 bits per heavy atom. The highest BCUT2D eigenvalue weighted by Gasteiger charge is 2.30. The van der Waals surface area contributed by atoms with Gasteiger partial charge in [0.1, 0.15) is 0 Å². The van der Waals surface area contributed by atoms with Gasteiger partial charge in [0, 0.05) is 36.7 Å². The molecular formula is C19H21N3O5S. The van der Waals surface area contributed by atoms with E-state index in [2.05, 4.69) is 10.3 Å². The highest BCUT2D eigenvalue weighted by Crippen LogP contribution is 2.20. The van der Waals surface area contributed by atoms with Crippen molar-refractivity contribution in [1.82, 2.24) is 14.6 Å². The van der Waals surface area contributed by atoms with Crippen LogP contribution in [0.15, 0.2) is 52.1 Å². The van der Waals surface area contributed by atoms with Crippen LogP contribution in [0.4, 0.5) is 0 Å². The summed E-state index contributed by atoms with van der Waals surface area (Å²) < 4.78 is 36.9. The molecule has 9 heteroatoms. The number of para-hydroxylation sites is 1. The minimum absolute atomic E-state index is 0.0224. The Morgan fingerprint density at radius 3 is 2.75 bits per heavy atom. The van der Waals surface area contributed by atoms with Gasteiger partial charge in [-0.25, -0.2) is 8.42 Å². The summed E-state index contributed by atoms with van der Waals surface area (Å²) in [4.78, 5) is 15.5. The highest BCUT2D eigenvalue weighted by atomic mass is 32.2. The molecule has 4 rings (SSSR count). The Balaban J connectivity index is 1.38. The quantitative estimate of drug-likeness (QED) is 0.653. The Hall–Kier alpha value is -2.62. The first-order chi connectivity index (χ1) is 13.6. The molecule has 1 aliphatic rings. The lowest BCUT2D eigenvalue weighted by Crippen LogP contribution is -2.40. The standard InChI is InChI=1S/C19H21N3O5S/c23-19(20-8-7-14-13-21-16-4-2-1-3-15(14)16)17-5-6-18(27-17)28(24,25)22-9-11-26-12-10-22/h1-6,13,21H,7-12H2,(H,20,23). The number of benzene rings is 1. The zero-order chi connectivity index (χ0) is 19.6. The van der Waals surface area contributed by atoms with E-state index < -0.39 is 15.9 Å². The topological polar surface area (TPSA) is 105 Å². The Kier molecular flexibility index (Phi) is 5.21. The van der Waals surface area contributed by atoms with E-state index in [1.165, 1.54) is 16.4 Å². The number of hydrogen-bond donors (Lipinski definition) is 2. The van der Waals surface area contributed by atoms with Gasteiger partial charge in [-0.1, -0.05) is 18.2 Å². The molecule has 1 saturated heterocycles. The number of aromatic nitrogens is 1. The van der Waals surface area contributed by atoms with Crippen molar-refractivity contribution in [3.05, 3.63) is 53.9 Å². The summed E-state index contributed by atoms with van der Waals surface area (Å²) in [7, 11) is -3.75. The maximum absolute atomic E-state index is 12.6. The number of nitrogens with zero attached hydrogens (tertiary/aromatic N) is 1. The smallest absolute Gasteiger partial charge is 0.287 e. The summed E-state index contributed by atoms with van der Waals surface area (Å²) in [5, 5.41) is 3.66. The van der Waals surface area contributed by atoms with Gasteiger partial charge < -0.3 is 19.5 Å². The molecule has 3 heterocycles. The first kappa shape index (κ1) is 18.7. The number of carbonyl (C=O) groups excluding carboxylic acids is 1. The van der Waals surface area contributed by atoms with E-state index in [-0.39, 0.29) is 23.9 Å². The Labute approximate surface area is 162 Å². The summed E-state index contributed by atoms with van der Waals surface area (Å²) in [6.07, 6.45) is 2.58. The van der Waals surface area contributed by atoms with E-state index in [4.69, 9.17) is 9.15 Å². The number of sulfonamides is 1. The van der Waals surface area contributed by atoms with Crippen molar-refractivity contribution in [3.8, 4) is 0 Å². The van der Waals surface area contributed by atoms with Crippen molar-refractivity contribution >= 4 is 26.8 Å². The molecule has 0 saturated carbocycles. The molecule has 1 fully saturated rings. The third-order valence-electron chi connectivity index (χ3n) is 4.72. The normalized spacial score (nSPS) is 15.7. The molecule has 2 aromatic heterocycles. The maximum atomic E-state index is 12.6. The van der Waals surface area contributed by atoms with Gasteiger partial charge in [-0.05, 0) is 30.2 Å². The third-order valence-corrected chi connectivity index (χ3v) is 6.50. The second-order valence-electron chi connectivity index (χ2n) is 6.50. The number of ether oxygens (including phenoxy) is 1. The maximum Gasteiger partial charge on any atom is 0.287 e. The summed E-state index contributed by atoms with van der Waals surface area (Å²) >= 11 is 0. The number of carbonyl (C=O) groups is 1. The van der Waals surface area contributed by atoms with Gasteiger partial charge >= 0.3 is 0 Å². The van der Waals surface area contributed by atoms with Gasteiger partial charge in [-0.3, -0.25) is 4.79 Å². The molecule has 1 amide bonds. The summed E-state index contributed by atoms with van der Waals surface area (Å²) in [5.41, 5.74) is 2.15.